The summed E-state index contributed by atoms with van der Waals surface area (Å²) in [6.07, 6.45) is 2.37. The van der Waals surface area contributed by atoms with Crippen LogP contribution in [0.4, 0.5) is 4.39 Å². The van der Waals surface area contributed by atoms with E-state index in [9.17, 15) is 22.4 Å². The van der Waals surface area contributed by atoms with Crippen molar-refractivity contribution >= 4 is 21.5 Å². The number of rotatable bonds is 3. The fraction of sp³-hybridized carbons (Fsp3) is 0.529. The summed E-state index contributed by atoms with van der Waals surface area (Å²) in [6, 6.07) is 4.79. The van der Waals surface area contributed by atoms with Gasteiger partial charge in [0.25, 0.3) is 0 Å². The average Bonchev–Trinajstić information content (AvgIpc) is 3.06. The van der Waals surface area contributed by atoms with Crippen LogP contribution in [-0.2, 0) is 19.4 Å². The zero-order chi connectivity index (χ0) is 17.3. The van der Waals surface area contributed by atoms with Gasteiger partial charge < -0.3 is 4.90 Å². The number of carbonyl (C=O) groups excluding carboxylic acids is 2. The summed E-state index contributed by atoms with van der Waals surface area (Å²) >= 11 is 0. The zero-order valence-electron chi connectivity index (χ0n) is 13.3. The van der Waals surface area contributed by atoms with E-state index in [2.05, 4.69) is 0 Å². The van der Waals surface area contributed by atoms with Gasteiger partial charge in [0.1, 0.15) is 11.6 Å². The van der Waals surface area contributed by atoms with Crippen molar-refractivity contribution in [3.63, 3.8) is 0 Å². The number of Topliss-reactive ketones (excluding diaryl/α,β-unsaturated/α-hetero) is 1. The van der Waals surface area contributed by atoms with Crippen molar-refractivity contribution in [2.75, 3.05) is 13.1 Å². The zero-order valence-corrected chi connectivity index (χ0v) is 14.1. The molecule has 0 bridgehead atoms. The van der Waals surface area contributed by atoms with Gasteiger partial charge in [-0.2, -0.15) is 0 Å². The van der Waals surface area contributed by atoms with E-state index in [0.717, 1.165) is 12.1 Å². The number of hydrogen-bond donors (Lipinski definition) is 0. The molecular formula is C17H20FNO4S. The molecule has 7 heteroatoms. The predicted octanol–water partition coefficient (Wildman–Crippen LogP) is 1.96. The van der Waals surface area contributed by atoms with Gasteiger partial charge in [0.15, 0.2) is 9.84 Å². The average molecular weight is 353 g/mol. The van der Waals surface area contributed by atoms with E-state index in [0.29, 0.717) is 38.6 Å². The molecule has 1 aliphatic heterocycles. The molecule has 3 rings (SSSR count). The largest absolute Gasteiger partial charge is 0.341 e. The van der Waals surface area contributed by atoms with Crippen molar-refractivity contribution < 1.29 is 22.4 Å². The van der Waals surface area contributed by atoms with E-state index in [1.807, 2.05) is 0 Å². The van der Waals surface area contributed by atoms with E-state index in [4.69, 9.17) is 0 Å². The lowest BCUT2D eigenvalue weighted by Gasteiger charge is -2.25. The molecule has 0 radical (unpaired) electrons. The predicted molar refractivity (Wildman–Crippen MR) is 85.5 cm³/mol. The first-order chi connectivity index (χ1) is 11.4. The summed E-state index contributed by atoms with van der Waals surface area (Å²) in [5.41, 5.74) is 0. The first-order valence-corrected chi connectivity index (χ1v) is 9.72. The Morgan fingerprint density at radius 1 is 1.08 bits per heavy atom. The van der Waals surface area contributed by atoms with Gasteiger partial charge in [-0.05, 0) is 43.5 Å². The molecule has 1 unspecified atom stereocenters. The number of halogens is 1. The lowest BCUT2D eigenvalue weighted by Crippen LogP contribution is -2.37. The van der Waals surface area contributed by atoms with Gasteiger partial charge in [-0.1, -0.05) is 0 Å². The maximum atomic E-state index is 13.0. The number of carbonyl (C=O) groups is 2. The third kappa shape index (κ3) is 3.36. The van der Waals surface area contributed by atoms with E-state index in [-0.39, 0.29) is 29.0 Å². The fourth-order valence-corrected chi connectivity index (χ4v) is 5.14. The number of hydrogen-bond acceptors (Lipinski definition) is 4. The Hall–Kier alpha value is -1.76. The van der Waals surface area contributed by atoms with E-state index in [1.165, 1.54) is 12.1 Å². The number of amides is 1. The number of nitrogens with zero attached hydrogens (tertiary/aromatic N) is 1. The molecule has 1 aliphatic carbocycles. The molecule has 130 valence electrons. The lowest BCUT2D eigenvalue weighted by molar-refractivity contribution is -0.136. The van der Waals surface area contributed by atoms with Crippen LogP contribution in [0.1, 0.15) is 32.1 Å². The molecule has 1 saturated heterocycles. The normalized spacial score (nSPS) is 22.8. The number of benzene rings is 1. The van der Waals surface area contributed by atoms with Gasteiger partial charge in [-0.25, -0.2) is 12.8 Å². The minimum Gasteiger partial charge on any atom is -0.341 e. The summed E-state index contributed by atoms with van der Waals surface area (Å²) in [7, 11) is -3.58. The van der Waals surface area contributed by atoms with Crippen LogP contribution in [-0.4, -0.2) is 43.3 Å². The SMILES string of the molecule is O=C1CCC(C(=O)N2CCC(S(=O)(=O)c3ccc(F)cc3)C2)CC1. The van der Waals surface area contributed by atoms with Crippen molar-refractivity contribution in [1.82, 2.24) is 4.90 Å². The maximum Gasteiger partial charge on any atom is 0.225 e. The van der Waals surface area contributed by atoms with E-state index >= 15 is 0 Å². The van der Waals surface area contributed by atoms with Gasteiger partial charge >= 0.3 is 0 Å². The van der Waals surface area contributed by atoms with Crippen LogP contribution in [0.15, 0.2) is 29.2 Å². The first kappa shape index (κ1) is 17.1. The van der Waals surface area contributed by atoms with Crippen LogP contribution in [0, 0.1) is 11.7 Å². The highest BCUT2D eigenvalue weighted by Crippen LogP contribution is 2.28. The molecule has 1 aromatic carbocycles. The molecule has 0 aromatic heterocycles. The minimum absolute atomic E-state index is 0.0423. The minimum atomic E-state index is -3.58. The molecule has 5 nitrogen and oxygen atoms in total. The second kappa shape index (κ2) is 6.63. The molecule has 2 fully saturated rings. The molecule has 0 N–H and O–H groups in total. The highest BCUT2D eigenvalue weighted by atomic mass is 32.2. The summed E-state index contributed by atoms with van der Waals surface area (Å²) in [5, 5.41) is -0.655. The summed E-state index contributed by atoms with van der Waals surface area (Å²) in [6.45, 7) is 0.581. The van der Waals surface area contributed by atoms with Gasteiger partial charge in [-0.15, -0.1) is 0 Å². The Kier molecular flexibility index (Phi) is 4.71. The standard InChI is InChI=1S/C17H20FNO4S/c18-13-3-7-15(8-4-13)24(22,23)16-9-10-19(11-16)17(21)12-1-5-14(20)6-2-12/h3-4,7-8,12,16H,1-2,5-6,9-11H2. The van der Waals surface area contributed by atoms with Crippen molar-refractivity contribution in [3.8, 4) is 0 Å². The molecule has 1 aromatic rings. The molecule has 1 heterocycles. The Bertz CT molecular complexity index is 734. The van der Waals surface area contributed by atoms with Crippen LogP contribution in [0.3, 0.4) is 0 Å². The number of sulfone groups is 1. The molecule has 1 amide bonds. The summed E-state index contributed by atoms with van der Waals surface area (Å²) in [5.74, 6) is -0.504. The number of ketones is 1. The Labute approximate surface area is 140 Å². The van der Waals surface area contributed by atoms with Gasteiger partial charge in [-0.3, -0.25) is 9.59 Å². The van der Waals surface area contributed by atoms with E-state index in [1.54, 1.807) is 4.90 Å². The monoisotopic (exact) mass is 353 g/mol. The molecule has 0 spiro atoms. The molecule has 1 saturated carbocycles. The van der Waals surface area contributed by atoms with Crippen LogP contribution in [0.5, 0.6) is 0 Å². The van der Waals surface area contributed by atoms with Crippen LogP contribution in [0.25, 0.3) is 0 Å². The van der Waals surface area contributed by atoms with E-state index < -0.39 is 20.9 Å². The summed E-state index contributed by atoms with van der Waals surface area (Å²) in [4.78, 5) is 25.5. The van der Waals surface area contributed by atoms with Crippen LogP contribution >= 0.6 is 0 Å². The Balaban J connectivity index is 1.67. The van der Waals surface area contributed by atoms with Crippen molar-refractivity contribution in [2.24, 2.45) is 5.92 Å². The van der Waals surface area contributed by atoms with Crippen molar-refractivity contribution in [2.45, 2.75) is 42.2 Å². The Morgan fingerprint density at radius 2 is 1.71 bits per heavy atom. The second-order valence-electron chi connectivity index (χ2n) is 6.51. The molecule has 1 atom stereocenters. The molecular weight excluding hydrogens is 333 g/mol. The lowest BCUT2D eigenvalue weighted by atomic mass is 9.87. The maximum absolute atomic E-state index is 13.0. The summed E-state index contributed by atoms with van der Waals surface area (Å²) < 4.78 is 38.2. The van der Waals surface area contributed by atoms with Crippen LogP contribution in [0.2, 0.25) is 0 Å². The third-order valence-electron chi connectivity index (χ3n) is 4.93. The smallest absolute Gasteiger partial charge is 0.225 e. The van der Waals surface area contributed by atoms with Gasteiger partial charge in [0.05, 0.1) is 10.1 Å². The quantitative estimate of drug-likeness (QED) is 0.779. The Morgan fingerprint density at radius 3 is 2.33 bits per heavy atom. The topological polar surface area (TPSA) is 71.5 Å². The third-order valence-corrected chi connectivity index (χ3v) is 7.12. The fourth-order valence-electron chi connectivity index (χ4n) is 3.44. The highest BCUT2D eigenvalue weighted by molar-refractivity contribution is 7.92. The number of likely N-dealkylation sites (tertiary alicyclic amines) is 1. The van der Waals surface area contributed by atoms with Crippen molar-refractivity contribution in [1.29, 1.82) is 0 Å². The molecule has 24 heavy (non-hydrogen) atoms. The van der Waals surface area contributed by atoms with Crippen LogP contribution < -0.4 is 0 Å². The van der Waals surface area contributed by atoms with Crippen molar-refractivity contribution in [3.05, 3.63) is 30.1 Å². The second-order valence-corrected chi connectivity index (χ2v) is 8.73. The first-order valence-electron chi connectivity index (χ1n) is 8.18. The molecule has 2 aliphatic rings. The van der Waals surface area contributed by atoms with Gasteiger partial charge in [0, 0.05) is 31.8 Å². The highest BCUT2D eigenvalue weighted by Gasteiger charge is 2.38. The van der Waals surface area contributed by atoms with Gasteiger partial charge in [0.2, 0.25) is 5.91 Å².